The number of hydrogen-bond acceptors (Lipinski definition) is 2. The molecular formula is C9H17BrO2Si. The summed E-state index contributed by atoms with van der Waals surface area (Å²) in [7, 11) is -1.72. The predicted molar refractivity (Wildman–Crippen MR) is 61.6 cm³/mol. The summed E-state index contributed by atoms with van der Waals surface area (Å²) in [5.74, 6) is -0.225. The highest BCUT2D eigenvalue weighted by molar-refractivity contribution is 9.09. The number of allylic oxidation sites excluding steroid dienone is 1. The number of hydrogen-bond donors (Lipinski definition) is 0. The van der Waals surface area contributed by atoms with Crippen molar-refractivity contribution in [1.82, 2.24) is 0 Å². The van der Waals surface area contributed by atoms with Gasteiger partial charge in [0.25, 0.3) is 0 Å². The molecule has 0 fully saturated rings. The first-order valence-electron chi connectivity index (χ1n) is 4.40. The second-order valence-corrected chi connectivity index (χ2v) is 9.42. The van der Waals surface area contributed by atoms with Gasteiger partial charge in [0.2, 0.25) is 8.32 Å². The third-order valence-electron chi connectivity index (χ3n) is 1.24. The fraction of sp³-hybridized carbons (Fsp3) is 0.667. The van der Waals surface area contributed by atoms with Gasteiger partial charge in [-0.05, 0) is 26.1 Å². The van der Waals surface area contributed by atoms with Crippen LogP contribution in [0.4, 0.5) is 0 Å². The van der Waals surface area contributed by atoms with Gasteiger partial charge in [-0.3, -0.25) is 0 Å². The van der Waals surface area contributed by atoms with E-state index in [1.807, 2.05) is 32.6 Å². The zero-order valence-corrected chi connectivity index (χ0v) is 11.2. The highest BCUT2D eigenvalue weighted by atomic mass is 79.9. The maximum atomic E-state index is 11.2. The standard InChI is InChI=1S/C9H17BrO2Si/c1-5-8(10)6-7-9(11)12-13(2,3)4/h6-8H,5H2,1-4H3. The first-order chi connectivity index (χ1) is 5.85. The minimum Gasteiger partial charge on any atom is -0.517 e. The summed E-state index contributed by atoms with van der Waals surface area (Å²) >= 11 is 3.40. The molecular weight excluding hydrogens is 248 g/mol. The summed E-state index contributed by atoms with van der Waals surface area (Å²) in [5.41, 5.74) is 0. The van der Waals surface area contributed by atoms with Crippen molar-refractivity contribution in [3.63, 3.8) is 0 Å². The molecule has 0 amide bonds. The van der Waals surface area contributed by atoms with E-state index >= 15 is 0 Å². The Morgan fingerprint density at radius 3 is 2.46 bits per heavy atom. The molecule has 0 spiro atoms. The smallest absolute Gasteiger partial charge is 0.317 e. The van der Waals surface area contributed by atoms with E-state index in [-0.39, 0.29) is 10.8 Å². The molecule has 0 aromatic carbocycles. The molecule has 13 heavy (non-hydrogen) atoms. The maximum absolute atomic E-state index is 11.2. The van der Waals surface area contributed by atoms with Crippen molar-refractivity contribution in [1.29, 1.82) is 0 Å². The summed E-state index contributed by atoms with van der Waals surface area (Å²) in [4.78, 5) is 11.4. The molecule has 0 aromatic rings. The number of rotatable bonds is 4. The van der Waals surface area contributed by atoms with Crippen LogP contribution in [0.1, 0.15) is 13.3 Å². The van der Waals surface area contributed by atoms with Gasteiger partial charge in [0, 0.05) is 10.9 Å². The van der Waals surface area contributed by atoms with E-state index < -0.39 is 8.32 Å². The summed E-state index contributed by atoms with van der Waals surface area (Å²) in [6.07, 6.45) is 4.29. The molecule has 0 saturated carbocycles. The van der Waals surface area contributed by atoms with Gasteiger partial charge >= 0.3 is 5.97 Å². The third-order valence-corrected chi connectivity index (χ3v) is 3.00. The van der Waals surface area contributed by atoms with Crippen molar-refractivity contribution >= 4 is 30.2 Å². The van der Waals surface area contributed by atoms with Crippen molar-refractivity contribution in [2.75, 3.05) is 0 Å². The summed E-state index contributed by atoms with van der Waals surface area (Å²) < 4.78 is 5.22. The maximum Gasteiger partial charge on any atom is 0.317 e. The van der Waals surface area contributed by atoms with Crippen LogP contribution in [0.2, 0.25) is 19.6 Å². The van der Waals surface area contributed by atoms with E-state index in [0.717, 1.165) is 6.42 Å². The first-order valence-corrected chi connectivity index (χ1v) is 8.73. The Morgan fingerprint density at radius 1 is 1.54 bits per heavy atom. The average Bonchev–Trinajstić information content (AvgIpc) is 1.97. The molecule has 4 heteroatoms. The molecule has 1 unspecified atom stereocenters. The molecule has 0 aromatic heterocycles. The van der Waals surface area contributed by atoms with E-state index in [1.165, 1.54) is 6.08 Å². The highest BCUT2D eigenvalue weighted by Crippen LogP contribution is 2.07. The van der Waals surface area contributed by atoms with Crippen LogP contribution in [0.5, 0.6) is 0 Å². The molecule has 0 aliphatic carbocycles. The van der Waals surface area contributed by atoms with Crippen molar-refractivity contribution < 1.29 is 9.22 Å². The molecule has 0 N–H and O–H groups in total. The van der Waals surface area contributed by atoms with Crippen LogP contribution in [-0.2, 0) is 9.22 Å². The van der Waals surface area contributed by atoms with Gasteiger partial charge in [0.05, 0.1) is 0 Å². The van der Waals surface area contributed by atoms with Crippen LogP contribution >= 0.6 is 15.9 Å². The Bertz CT molecular complexity index is 196. The normalized spacial score (nSPS) is 14.5. The van der Waals surface area contributed by atoms with Gasteiger partial charge in [-0.15, -0.1) is 0 Å². The van der Waals surface area contributed by atoms with Gasteiger partial charge in [0.15, 0.2) is 0 Å². The number of halogens is 1. The van der Waals surface area contributed by atoms with Crippen LogP contribution in [0.15, 0.2) is 12.2 Å². The van der Waals surface area contributed by atoms with Crippen molar-refractivity contribution in [3.05, 3.63) is 12.2 Å². The molecule has 0 rings (SSSR count). The van der Waals surface area contributed by atoms with Crippen molar-refractivity contribution in [3.8, 4) is 0 Å². The molecule has 0 heterocycles. The largest absolute Gasteiger partial charge is 0.517 e. The summed E-state index contributed by atoms with van der Waals surface area (Å²) in [5, 5.41) is 0. The van der Waals surface area contributed by atoms with Crippen LogP contribution in [-0.4, -0.2) is 19.1 Å². The Hall–Kier alpha value is -0.0931. The zero-order chi connectivity index (χ0) is 10.5. The molecule has 0 aliphatic heterocycles. The van der Waals surface area contributed by atoms with Crippen LogP contribution < -0.4 is 0 Å². The van der Waals surface area contributed by atoms with Gasteiger partial charge in [0.1, 0.15) is 0 Å². The highest BCUT2D eigenvalue weighted by Gasteiger charge is 2.18. The lowest BCUT2D eigenvalue weighted by atomic mass is 10.3. The van der Waals surface area contributed by atoms with Gasteiger partial charge in [-0.2, -0.15) is 0 Å². The van der Waals surface area contributed by atoms with E-state index in [4.69, 9.17) is 4.43 Å². The lowest BCUT2D eigenvalue weighted by Crippen LogP contribution is -2.28. The minimum atomic E-state index is -1.72. The van der Waals surface area contributed by atoms with Crippen LogP contribution in [0.3, 0.4) is 0 Å². The second-order valence-electron chi connectivity index (χ2n) is 3.82. The van der Waals surface area contributed by atoms with Crippen LogP contribution in [0.25, 0.3) is 0 Å². The summed E-state index contributed by atoms with van der Waals surface area (Å²) in [6.45, 7) is 8.02. The molecule has 76 valence electrons. The molecule has 0 saturated heterocycles. The predicted octanol–water partition coefficient (Wildman–Crippen LogP) is 3.09. The Kier molecular flexibility index (Phi) is 5.56. The van der Waals surface area contributed by atoms with E-state index in [0.29, 0.717) is 0 Å². The Morgan fingerprint density at radius 2 is 2.08 bits per heavy atom. The average molecular weight is 265 g/mol. The van der Waals surface area contributed by atoms with Gasteiger partial charge in [-0.25, -0.2) is 4.79 Å². The quantitative estimate of drug-likeness (QED) is 0.443. The molecule has 0 aliphatic rings. The van der Waals surface area contributed by atoms with E-state index in [2.05, 4.69) is 15.9 Å². The molecule has 0 radical (unpaired) electrons. The number of carbonyl (C=O) groups excluding carboxylic acids is 1. The first kappa shape index (κ1) is 12.9. The Balaban J connectivity index is 3.95. The monoisotopic (exact) mass is 264 g/mol. The van der Waals surface area contributed by atoms with Gasteiger partial charge < -0.3 is 4.43 Å². The fourth-order valence-corrected chi connectivity index (χ4v) is 1.48. The van der Waals surface area contributed by atoms with Crippen molar-refractivity contribution in [2.24, 2.45) is 0 Å². The fourth-order valence-electron chi connectivity index (χ4n) is 0.655. The zero-order valence-electron chi connectivity index (χ0n) is 8.63. The molecule has 1 atom stereocenters. The van der Waals surface area contributed by atoms with E-state index in [1.54, 1.807) is 0 Å². The van der Waals surface area contributed by atoms with Crippen molar-refractivity contribution in [2.45, 2.75) is 37.8 Å². The Labute approximate surface area is 89.6 Å². The second kappa shape index (κ2) is 5.60. The number of alkyl halides is 1. The number of carbonyl (C=O) groups is 1. The van der Waals surface area contributed by atoms with E-state index in [9.17, 15) is 4.79 Å². The molecule has 0 bridgehead atoms. The minimum absolute atomic E-state index is 0.225. The SMILES string of the molecule is CCC(Br)C=CC(=O)O[Si](C)(C)C. The molecule has 2 nitrogen and oxygen atoms in total. The summed E-state index contributed by atoms with van der Waals surface area (Å²) in [6, 6.07) is 0. The van der Waals surface area contributed by atoms with Crippen LogP contribution in [0, 0.1) is 0 Å². The van der Waals surface area contributed by atoms with Gasteiger partial charge in [-0.1, -0.05) is 28.9 Å². The topological polar surface area (TPSA) is 26.3 Å². The lowest BCUT2D eigenvalue weighted by Gasteiger charge is -2.15. The lowest BCUT2D eigenvalue weighted by molar-refractivity contribution is -0.129. The third kappa shape index (κ3) is 8.24.